The van der Waals surface area contributed by atoms with Gasteiger partial charge in [-0.1, -0.05) is 0 Å². The molecule has 28 heavy (non-hydrogen) atoms. The monoisotopic (exact) mass is 451 g/mol. The van der Waals surface area contributed by atoms with Gasteiger partial charge in [-0.15, -0.1) is 0 Å². The predicted molar refractivity (Wildman–Crippen MR) is 97.5 cm³/mol. The molecule has 0 aliphatic heterocycles. The molecule has 0 bridgehead atoms. The van der Waals surface area contributed by atoms with Crippen molar-refractivity contribution in [1.29, 1.82) is 0 Å². The first-order valence-corrected chi connectivity index (χ1v) is 7.16. The number of carbonyl (C=O) groups is 5. The summed E-state index contributed by atoms with van der Waals surface area (Å²) in [5.74, 6) is -4.17. The Bertz CT molecular complexity index is 289. The van der Waals surface area contributed by atoms with E-state index in [1.54, 1.807) is 0 Å². The van der Waals surface area contributed by atoms with E-state index in [9.17, 15) is 0 Å². The fraction of sp³-hybridized carbons (Fsp3) is 0.643. The van der Waals surface area contributed by atoms with E-state index < -0.39 is 29.8 Å². The Labute approximate surface area is 179 Å². The molecule has 0 spiro atoms. The van der Waals surface area contributed by atoms with Gasteiger partial charge in [0.2, 0.25) is 0 Å². The number of nitrogens with one attached hydrogen (secondary N) is 1. The topological polar surface area (TPSA) is 251 Å². The molecule has 14 heteroatoms. The Hall–Kier alpha value is -2.06. The minimum atomic E-state index is -0.833. The smallest absolute Gasteiger partial charge is 0.300 e. The molecule has 0 aromatic carbocycles. The molecule has 13 nitrogen and oxygen atoms in total. The molecular formula is C14H33N3O10Ti. The zero-order chi connectivity index (χ0) is 23.4. The summed E-state index contributed by atoms with van der Waals surface area (Å²) >= 11 is 0. The first kappa shape index (κ1) is 45.0. The summed E-state index contributed by atoms with van der Waals surface area (Å²) in [6.45, 7) is 8.55. The summed E-state index contributed by atoms with van der Waals surface area (Å²) in [5.41, 5.74) is 10.3. The molecule has 0 amide bonds. The molecule has 0 fully saturated rings. The number of hydrogen-bond acceptors (Lipinski definition) is 8. The third-order valence-electron chi connectivity index (χ3n) is 0.642. The summed E-state index contributed by atoms with van der Waals surface area (Å²) in [7, 11) is 0. The van der Waals surface area contributed by atoms with Crippen molar-refractivity contribution < 1.29 is 71.2 Å². The average Bonchev–Trinajstić information content (AvgIpc) is 2.35. The van der Waals surface area contributed by atoms with Gasteiger partial charge < -0.3 is 42.3 Å². The molecule has 0 radical (unpaired) electrons. The van der Waals surface area contributed by atoms with Crippen molar-refractivity contribution in [2.45, 2.75) is 34.6 Å². The SMILES string of the molecule is CC(=O)O.CC(=O)O.CC(=O)O.CC(=O)O.CC(=O)O.NCCNCCN.[Ti]. The summed E-state index contributed by atoms with van der Waals surface area (Å²) in [6.07, 6.45) is 0. The molecule has 0 aliphatic rings. The van der Waals surface area contributed by atoms with E-state index in [-0.39, 0.29) is 21.7 Å². The molecule has 0 aliphatic carbocycles. The molecule has 10 N–H and O–H groups in total. The van der Waals surface area contributed by atoms with Gasteiger partial charge in [0.1, 0.15) is 0 Å². The number of hydrogen-bond donors (Lipinski definition) is 8. The van der Waals surface area contributed by atoms with Gasteiger partial charge in [-0.2, -0.15) is 0 Å². The van der Waals surface area contributed by atoms with E-state index >= 15 is 0 Å². The van der Waals surface area contributed by atoms with Gasteiger partial charge >= 0.3 is 0 Å². The van der Waals surface area contributed by atoms with Crippen LogP contribution >= 0.6 is 0 Å². The first-order chi connectivity index (χ1) is 12.1. The fourth-order valence-corrected chi connectivity index (χ4v) is 0.329. The maximum Gasteiger partial charge on any atom is 0.300 e. The van der Waals surface area contributed by atoms with Crippen LogP contribution in [0.1, 0.15) is 34.6 Å². The van der Waals surface area contributed by atoms with Crippen LogP contribution in [0.3, 0.4) is 0 Å². The van der Waals surface area contributed by atoms with Crippen molar-refractivity contribution >= 4 is 29.8 Å². The number of rotatable bonds is 4. The molecule has 0 saturated heterocycles. The molecule has 0 aromatic heterocycles. The van der Waals surface area contributed by atoms with Gasteiger partial charge in [-0.3, -0.25) is 24.0 Å². The van der Waals surface area contributed by atoms with Crippen LogP contribution in [0.5, 0.6) is 0 Å². The molecular weight excluding hydrogens is 418 g/mol. The Balaban J connectivity index is -0.0000000382. The Morgan fingerprint density at radius 3 is 0.750 bits per heavy atom. The zero-order valence-electron chi connectivity index (χ0n) is 16.8. The van der Waals surface area contributed by atoms with Gasteiger partial charge in [-0.05, 0) is 0 Å². The summed E-state index contributed by atoms with van der Waals surface area (Å²) in [4.78, 5) is 45.0. The maximum absolute atomic E-state index is 9.00. The Morgan fingerprint density at radius 1 is 0.571 bits per heavy atom. The van der Waals surface area contributed by atoms with Crippen molar-refractivity contribution in [3.63, 3.8) is 0 Å². The molecule has 168 valence electrons. The van der Waals surface area contributed by atoms with Gasteiger partial charge in [0, 0.05) is 82.5 Å². The second kappa shape index (κ2) is 44.4. The number of aliphatic carboxylic acids is 5. The van der Waals surface area contributed by atoms with Gasteiger partial charge in [-0.25, -0.2) is 0 Å². The van der Waals surface area contributed by atoms with E-state index in [1.807, 2.05) is 0 Å². The summed E-state index contributed by atoms with van der Waals surface area (Å²) in [5, 5.41) is 40.1. The third-order valence-corrected chi connectivity index (χ3v) is 0.642. The second-order valence-electron chi connectivity index (χ2n) is 3.92. The fourth-order valence-electron chi connectivity index (χ4n) is 0.329. The van der Waals surface area contributed by atoms with E-state index in [2.05, 4.69) is 5.32 Å². The van der Waals surface area contributed by atoms with Crippen molar-refractivity contribution in [3.8, 4) is 0 Å². The van der Waals surface area contributed by atoms with Crippen LogP contribution in [-0.4, -0.2) is 81.6 Å². The summed E-state index contributed by atoms with van der Waals surface area (Å²) in [6, 6.07) is 0. The molecule has 0 unspecified atom stereocenters. The molecule has 0 atom stereocenters. The molecule has 0 rings (SSSR count). The second-order valence-corrected chi connectivity index (χ2v) is 3.92. The molecule has 0 aromatic rings. The van der Waals surface area contributed by atoms with Crippen LogP contribution in [0.4, 0.5) is 0 Å². The van der Waals surface area contributed by atoms with Crippen LogP contribution in [0.15, 0.2) is 0 Å². The van der Waals surface area contributed by atoms with Crippen molar-refractivity contribution in [2.75, 3.05) is 26.2 Å². The molecule has 0 saturated carbocycles. The Morgan fingerprint density at radius 2 is 0.679 bits per heavy atom. The maximum atomic E-state index is 9.00. The van der Waals surface area contributed by atoms with Crippen LogP contribution < -0.4 is 16.8 Å². The van der Waals surface area contributed by atoms with E-state index in [0.717, 1.165) is 47.7 Å². The van der Waals surface area contributed by atoms with Gasteiger partial charge in [0.05, 0.1) is 0 Å². The van der Waals surface area contributed by atoms with E-state index in [4.69, 9.17) is 61.0 Å². The average molecular weight is 451 g/mol. The summed E-state index contributed by atoms with van der Waals surface area (Å²) < 4.78 is 0. The number of carboxylic acids is 5. The van der Waals surface area contributed by atoms with Crippen LogP contribution in [0.25, 0.3) is 0 Å². The minimum Gasteiger partial charge on any atom is -0.481 e. The van der Waals surface area contributed by atoms with Crippen LogP contribution in [-0.2, 0) is 45.7 Å². The van der Waals surface area contributed by atoms with Crippen LogP contribution in [0.2, 0.25) is 0 Å². The quantitative estimate of drug-likeness (QED) is 0.188. The number of carboxylic acid groups (broad SMARTS) is 5. The van der Waals surface area contributed by atoms with Crippen molar-refractivity contribution in [2.24, 2.45) is 11.5 Å². The van der Waals surface area contributed by atoms with E-state index in [0.29, 0.717) is 13.1 Å². The van der Waals surface area contributed by atoms with E-state index in [1.165, 1.54) is 0 Å². The third kappa shape index (κ3) is 3330. The van der Waals surface area contributed by atoms with Crippen molar-refractivity contribution in [3.05, 3.63) is 0 Å². The molecule has 0 heterocycles. The zero-order valence-corrected chi connectivity index (χ0v) is 18.3. The Kier molecular flexibility index (Phi) is 71.3. The standard InChI is InChI=1S/C4H13N3.5C2H4O2.Ti/c5-1-3-7-4-2-6;5*1-2(3)4;/h7H,1-6H2;5*1H3,(H,3,4);. The largest absolute Gasteiger partial charge is 0.481 e. The van der Waals surface area contributed by atoms with Crippen molar-refractivity contribution in [1.82, 2.24) is 5.32 Å². The predicted octanol–water partition coefficient (Wildman–Crippen LogP) is -1.05. The first-order valence-electron chi connectivity index (χ1n) is 7.16. The number of nitrogens with two attached hydrogens (primary N) is 2. The van der Waals surface area contributed by atoms with Gasteiger partial charge in [0.15, 0.2) is 0 Å². The van der Waals surface area contributed by atoms with Gasteiger partial charge in [0.25, 0.3) is 29.8 Å². The van der Waals surface area contributed by atoms with Crippen LogP contribution in [0, 0.1) is 0 Å². The normalized spacial score (nSPS) is 6.82. The minimum absolute atomic E-state index is 0.